The lowest BCUT2D eigenvalue weighted by Gasteiger charge is -2.31. The average Bonchev–Trinajstić information content (AvgIpc) is 2.64. The Morgan fingerprint density at radius 3 is 2.44 bits per heavy atom. The molecule has 0 aliphatic carbocycles. The van der Waals surface area contributed by atoms with Crippen LogP contribution in [0.4, 0.5) is 0 Å². The molecule has 1 heterocycles. The van der Waals surface area contributed by atoms with Crippen LogP contribution in [0.3, 0.4) is 0 Å². The first-order valence-corrected chi connectivity index (χ1v) is 9.44. The Morgan fingerprint density at radius 2 is 1.80 bits per heavy atom. The first-order chi connectivity index (χ1) is 12.2. The molecule has 2 aromatic rings. The molecule has 1 aliphatic heterocycles. The average molecular weight is 338 g/mol. The summed E-state index contributed by atoms with van der Waals surface area (Å²) < 4.78 is 6.12. The lowest BCUT2D eigenvalue weighted by atomic mass is 9.96. The Morgan fingerprint density at radius 1 is 1.08 bits per heavy atom. The van der Waals surface area contributed by atoms with Crippen LogP contribution in [-0.2, 0) is 6.54 Å². The van der Waals surface area contributed by atoms with Gasteiger partial charge in [-0.1, -0.05) is 44.2 Å². The molecule has 3 rings (SSSR count). The van der Waals surface area contributed by atoms with Crippen LogP contribution in [0, 0.1) is 5.92 Å². The zero-order valence-electron chi connectivity index (χ0n) is 15.4. The summed E-state index contributed by atoms with van der Waals surface area (Å²) in [7, 11) is 0. The molecule has 3 nitrogen and oxygen atoms in total. The van der Waals surface area contributed by atoms with E-state index in [9.17, 15) is 0 Å². The first-order valence-electron chi connectivity index (χ1n) is 9.44. The maximum atomic E-state index is 6.12. The molecule has 0 amide bonds. The third-order valence-corrected chi connectivity index (χ3v) is 5.11. The van der Waals surface area contributed by atoms with Gasteiger partial charge in [0.25, 0.3) is 0 Å². The molecule has 0 unspecified atom stereocenters. The van der Waals surface area contributed by atoms with Gasteiger partial charge in [0.1, 0.15) is 11.5 Å². The van der Waals surface area contributed by atoms with Gasteiger partial charge < -0.3 is 10.5 Å². The van der Waals surface area contributed by atoms with Gasteiger partial charge in [-0.25, -0.2) is 0 Å². The third-order valence-electron chi connectivity index (χ3n) is 5.11. The van der Waals surface area contributed by atoms with Crippen LogP contribution in [0.15, 0.2) is 48.5 Å². The Kier molecular flexibility index (Phi) is 6.11. The van der Waals surface area contributed by atoms with Gasteiger partial charge in [-0.15, -0.1) is 0 Å². The summed E-state index contributed by atoms with van der Waals surface area (Å²) in [6.07, 6.45) is 2.45. The smallest absolute Gasteiger partial charge is 0.130 e. The van der Waals surface area contributed by atoms with Crippen molar-refractivity contribution in [1.29, 1.82) is 0 Å². The number of hydrogen-bond acceptors (Lipinski definition) is 3. The number of hydrogen-bond donors (Lipinski definition) is 1. The largest absolute Gasteiger partial charge is 0.457 e. The molecule has 2 aromatic carbocycles. The Balaban J connectivity index is 1.71. The molecule has 0 saturated carbocycles. The van der Waals surface area contributed by atoms with Crippen molar-refractivity contribution in [2.45, 2.75) is 39.2 Å². The van der Waals surface area contributed by atoms with Crippen LogP contribution in [0.5, 0.6) is 11.5 Å². The molecule has 0 bridgehead atoms. The predicted molar refractivity (Wildman–Crippen MR) is 104 cm³/mol. The summed E-state index contributed by atoms with van der Waals surface area (Å²) in [6, 6.07) is 16.7. The highest BCUT2D eigenvalue weighted by atomic mass is 16.5. The number of piperidine rings is 1. The third kappa shape index (κ3) is 4.83. The monoisotopic (exact) mass is 338 g/mol. The van der Waals surface area contributed by atoms with E-state index in [1.165, 1.54) is 24.0 Å². The normalized spacial score (nSPS) is 16.3. The van der Waals surface area contributed by atoms with Crippen LogP contribution in [0.1, 0.15) is 43.7 Å². The van der Waals surface area contributed by atoms with E-state index in [1.807, 2.05) is 30.3 Å². The zero-order chi connectivity index (χ0) is 17.6. The second-order valence-corrected chi connectivity index (χ2v) is 7.40. The van der Waals surface area contributed by atoms with Gasteiger partial charge in [-0.3, -0.25) is 4.90 Å². The number of benzene rings is 2. The molecular weight excluding hydrogens is 308 g/mol. The highest BCUT2D eigenvalue weighted by Crippen LogP contribution is 2.32. The predicted octanol–water partition coefficient (Wildman–Crippen LogP) is 4.77. The Labute approximate surface area is 151 Å². The van der Waals surface area contributed by atoms with E-state index < -0.39 is 0 Å². The second-order valence-electron chi connectivity index (χ2n) is 7.40. The van der Waals surface area contributed by atoms with Crippen molar-refractivity contribution in [3.63, 3.8) is 0 Å². The summed E-state index contributed by atoms with van der Waals surface area (Å²) in [5.41, 5.74) is 8.45. The van der Waals surface area contributed by atoms with E-state index in [1.54, 1.807) is 0 Å². The van der Waals surface area contributed by atoms with Gasteiger partial charge in [-0.05, 0) is 73.6 Å². The van der Waals surface area contributed by atoms with Crippen molar-refractivity contribution in [1.82, 2.24) is 4.90 Å². The summed E-state index contributed by atoms with van der Waals surface area (Å²) >= 11 is 0. The van der Waals surface area contributed by atoms with E-state index in [4.69, 9.17) is 10.5 Å². The van der Waals surface area contributed by atoms with Gasteiger partial charge in [0.15, 0.2) is 0 Å². The molecule has 25 heavy (non-hydrogen) atoms. The van der Waals surface area contributed by atoms with E-state index in [0.717, 1.165) is 37.7 Å². The summed E-state index contributed by atoms with van der Waals surface area (Å²) in [5.74, 6) is 3.00. The molecule has 0 radical (unpaired) electrons. The Bertz CT molecular complexity index is 661. The van der Waals surface area contributed by atoms with Crippen molar-refractivity contribution in [3.8, 4) is 11.5 Å². The molecule has 3 heteroatoms. The fraction of sp³-hybridized carbons (Fsp3) is 0.455. The maximum Gasteiger partial charge on any atom is 0.130 e. The summed E-state index contributed by atoms with van der Waals surface area (Å²) in [4.78, 5) is 2.54. The standard InChI is InChI=1S/C22H30N2O/c1-17(2)21-14-19(16-24-12-10-18(15-23)11-13-24)8-9-22(21)25-20-6-4-3-5-7-20/h3-9,14,17-18H,10-13,15-16,23H2,1-2H3. The van der Waals surface area contributed by atoms with Gasteiger partial charge >= 0.3 is 0 Å². The summed E-state index contributed by atoms with van der Waals surface area (Å²) in [5, 5.41) is 0. The fourth-order valence-corrected chi connectivity index (χ4v) is 3.49. The summed E-state index contributed by atoms with van der Waals surface area (Å²) in [6.45, 7) is 8.61. The highest BCUT2D eigenvalue weighted by molar-refractivity contribution is 5.42. The molecular formula is C22H30N2O. The maximum absolute atomic E-state index is 6.12. The quantitative estimate of drug-likeness (QED) is 0.824. The minimum atomic E-state index is 0.432. The van der Waals surface area contributed by atoms with Crippen LogP contribution in [-0.4, -0.2) is 24.5 Å². The molecule has 1 saturated heterocycles. The van der Waals surface area contributed by atoms with E-state index in [-0.39, 0.29) is 0 Å². The molecule has 0 atom stereocenters. The number of likely N-dealkylation sites (tertiary alicyclic amines) is 1. The Hall–Kier alpha value is -1.84. The number of rotatable bonds is 6. The minimum absolute atomic E-state index is 0.432. The number of nitrogens with zero attached hydrogens (tertiary/aromatic N) is 1. The van der Waals surface area contributed by atoms with Crippen molar-refractivity contribution in [2.75, 3.05) is 19.6 Å². The van der Waals surface area contributed by atoms with Crippen LogP contribution in [0.2, 0.25) is 0 Å². The van der Waals surface area contributed by atoms with E-state index in [2.05, 4.69) is 36.9 Å². The van der Waals surface area contributed by atoms with Gasteiger partial charge in [-0.2, -0.15) is 0 Å². The van der Waals surface area contributed by atoms with E-state index >= 15 is 0 Å². The highest BCUT2D eigenvalue weighted by Gasteiger charge is 2.18. The SMILES string of the molecule is CC(C)c1cc(CN2CCC(CN)CC2)ccc1Oc1ccccc1. The second kappa shape index (κ2) is 8.50. The van der Waals surface area contributed by atoms with Crippen molar-refractivity contribution < 1.29 is 4.74 Å². The lowest BCUT2D eigenvalue weighted by molar-refractivity contribution is 0.180. The number of para-hydroxylation sites is 1. The number of nitrogens with two attached hydrogens (primary N) is 1. The lowest BCUT2D eigenvalue weighted by Crippen LogP contribution is -2.35. The molecule has 0 spiro atoms. The zero-order valence-corrected chi connectivity index (χ0v) is 15.4. The van der Waals surface area contributed by atoms with Gasteiger partial charge in [0.05, 0.1) is 0 Å². The van der Waals surface area contributed by atoms with Crippen LogP contribution in [0.25, 0.3) is 0 Å². The number of ether oxygens (including phenoxy) is 1. The molecule has 1 fully saturated rings. The van der Waals surface area contributed by atoms with Crippen LogP contribution >= 0.6 is 0 Å². The van der Waals surface area contributed by atoms with Gasteiger partial charge in [0, 0.05) is 6.54 Å². The molecule has 134 valence electrons. The first kappa shape index (κ1) is 18.0. The van der Waals surface area contributed by atoms with Crippen LogP contribution < -0.4 is 10.5 Å². The topological polar surface area (TPSA) is 38.5 Å². The molecule has 1 aliphatic rings. The van der Waals surface area contributed by atoms with Crippen molar-refractivity contribution in [3.05, 3.63) is 59.7 Å². The van der Waals surface area contributed by atoms with E-state index in [0.29, 0.717) is 11.8 Å². The minimum Gasteiger partial charge on any atom is -0.457 e. The van der Waals surface area contributed by atoms with Crippen molar-refractivity contribution in [2.24, 2.45) is 11.7 Å². The van der Waals surface area contributed by atoms with Gasteiger partial charge in [0.2, 0.25) is 0 Å². The molecule has 2 N–H and O–H groups in total. The fourth-order valence-electron chi connectivity index (χ4n) is 3.49. The van der Waals surface area contributed by atoms with Crippen molar-refractivity contribution >= 4 is 0 Å². The molecule has 0 aromatic heterocycles.